The van der Waals surface area contributed by atoms with Crippen LogP contribution in [0.4, 0.5) is 5.69 Å². The number of para-hydroxylation sites is 1. The zero-order chi connectivity index (χ0) is 16.9. The van der Waals surface area contributed by atoms with Gasteiger partial charge >= 0.3 is 0 Å². The average molecular weight is 325 g/mol. The lowest BCUT2D eigenvalue weighted by Gasteiger charge is -2.35. The zero-order valence-electron chi connectivity index (χ0n) is 14.2. The summed E-state index contributed by atoms with van der Waals surface area (Å²) in [5.74, 6) is 0.686. The van der Waals surface area contributed by atoms with Crippen LogP contribution in [0.1, 0.15) is 26.7 Å². The summed E-state index contributed by atoms with van der Waals surface area (Å²) in [7, 11) is 0. The second-order valence-electron chi connectivity index (χ2n) is 5.92. The van der Waals surface area contributed by atoms with Crippen molar-refractivity contribution in [3.8, 4) is 16.9 Å². The first-order valence-electron chi connectivity index (χ1n) is 8.45. The number of carbonyl (C=O) groups excluding carboxylic acids is 1. The maximum absolute atomic E-state index is 12.2. The van der Waals surface area contributed by atoms with Crippen molar-refractivity contribution in [3.05, 3.63) is 48.5 Å². The number of unbranched alkanes of at least 4 members (excludes halogenated alkanes) is 1. The van der Waals surface area contributed by atoms with Gasteiger partial charge in [0.15, 0.2) is 0 Å². The first-order valence-corrected chi connectivity index (χ1v) is 8.45. The lowest BCUT2D eigenvalue weighted by molar-refractivity contribution is -0.120. The molecule has 1 aliphatic heterocycles. The van der Waals surface area contributed by atoms with Gasteiger partial charge in [0, 0.05) is 12.5 Å². The molecule has 1 unspecified atom stereocenters. The van der Waals surface area contributed by atoms with Crippen molar-refractivity contribution >= 4 is 11.6 Å². The van der Waals surface area contributed by atoms with E-state index in [9.17, 15) is 4.79 Å². The Morgan fingerprint density at radius 2 is 2.00 bits per heavy atom. The van der Waals surface area contributed by atoms with E-state index in [4.69, 9.17) is 9.47 Å². The minimum Gasteiger partial charge on any atom is -0.461 e. The topological polar surface area (TPSA) is 38.8 Å². The van der Waals surface area contributed by atoms with Gasteiger partial charge in [0.25, 0.3) is 0 Å². The Balaban J connectivity index is 1.96. The fourth-order valence-corrected chi connectivity index (χ4v) is 2.90. The third-order valence-electron chi connectivity index (χ3n) is 4.13. The van der Waals surface area contributed by atoms with Gasteiger partial charge in [-0.25, -0.2) is 0 Å². The van der Waals surface area contributed by atoms with Crippen LogP contribution in [0.2, 0.25) is 0 Å². The number of fused-ring (bicyclic) bond motifs is 1. The van der Waals surface area contributed by atoms with Crippen LogP contribution >= 0.6 is 0 Å². The molecule has 4 heteroatoms. The van der Waals surface area contributed by atoms with Gasteiger partial charge in [0.1, 0.15) is 5.75 Å². The third-order valence-corrected chi connectivity index (χ3v) is 4.13. The van der Waals surface area contributed by atoms with Gasteiger partial charge in [-0.15, -0.1) is 0 Å². The minimum absolute atomic E-state index is 0.00739. The molecule has 0 saturated carbocycles. The van der Waals surface area contributed by atoms with Crippen molar-refractivity contribution < 1.29 is 14.3 Å². The molecule has 0 aromatic heterocycles. The SMILES string of the molecule is CCCCOC1CN(C(C)=O)c2c(cccc2-c2ccccc2)O1. The molecule has 2 aromatic rings. The van der Waals surface area contributed by atoms with Crippen molar-refractivity contribution in [2.24, 2.45) is 0 Å². The summed E-state index contributed by atoms with van der Waals surface area (Å²) in [4.78, 5) is 14.0. The van der Waals surface area contributed by atoms with Crippen LogP contribution in [-0.2, 0) is 9.53 Å². The average Bonchev–Trinajstić information content (AvgIpc) is 2.61. The number of nitrogens with zero attached hydrogens (tertiary/aromatic N) is 1. The monoisotopic (exact) mass is 325 g/mol. The van der Waals surface area contributed by atoms with Gasteiger partial charge in [0.05, 0.1) is 18.8 Å². The van der Waals surface area contributed by atoms with Crippen molar-refractivity contribution in [2.45, 2.75) is 33.0 Å². The van der Waals surface area contributed by atoms with Crippen LogP contribution in [0.3, 0.4) is 0 Å². The maximum atomic E-state index is 12.2. The van der Waals surface area contributed by atoms with E-state index in [0.717, 1.165) is 29.7 Å². The highest BCUT2D eigenvalue weighted by atomic mass is 16.7. The number of rotatable bonds is 5. The molecule has 1 aliphatic rings. The van der Waals surface area contributed by atoms with E-state index < -0.39 is 6.29 Å². The molecule has 4 nitrogen and oxygen atoms in total. The lowest BCUT2D eigenvalue weighted by atomic mass is 10.0. The Kier molecular flexibility index (Phi) is 5.16. The van der Waals surface area contributed by atoms with E-state index >= 15 is 0 Å². The van der Waals surface area contributed by atoms with E-state index in [1.54, 1.807) is 11.8 Å². The van der Waals surface area contributed by atoms with Gasteiger partial charge in [-0.05, 0) is 18.1 Å². The summed E-state index contributed by atoms with van der Waals surface area (Å²) in [5.41, 5.74) is 2.89. The van der Waals surface area contributed by atoms with E-state index in [0.29, 0.717) is 18.9 Å². The normalized spacial score (nSPS) is 16.4. The molecule has 24 heavy (non-hydrogen) atoms. The Hall–Kier alpha value is -2.33. The number of benzene rings is 2. The molecule has 1 atom stereocenters. The predicted molar refractivity (Wildman–Crippen MR) is 95.2 cm³/mol. The highest BCUT2D eigenvalue weighted by molar-refractivity contribution is 5.99. The number of amides is 1. The molecule has 126 valence electrons. The second-order valence-corrected chi connectivity index (χ2v) is 5.92. The van der Waals surface area contributed by atoms with E-state index in [1.165, 1.54) is 0 Å². The number of ether oxygens (including phenoxy) is 2. The fourth-order valence-electron chi connectivity index (χ4n) is 2.90. The Bertz CT molecular complexity index is 699. The Labute approximate surface area is 143 Å². The third kappa shape index (κ3) is 3.44. The number of anilines is 1. The van der Waals surface area contributed by atoms with Crippen molar-refractivity contribution in [3.63, 3.8) is 0 Å². The van der Waals surface area contributed by atoms with Crippen LogP contribution < -0.4 is 9.64 Å². The van der Waals surface area contributed by atoms with E-state index in [2.05, 4.69) is 6.92 Å². The number of hydrogen-bond acceptors (Lipinski definition) is 3. The second kappa shape index (κ2) is 7.49. The summed E-state index contributed by atoms with van der Waals surface area (Å²) < 4.78 is 11.8. The van der Waals surface area contributed by atoms with Crippen LogP contribution in [0.5, 0.6) is 5.75 Å². The van der Waals surface area contributed by atoms with Crippen LogP contribution in [0, 0.1) is 0 Å². The molecular weight excluding hydrogens is 302 g/mol. The molecule has 2 aromatic carbocycles. The quantitative estimate of drug-likeness (QED) is 0.772. The van der Waals surface area contributed by atoms with Gasteiger partial charge in [-0.3, -0.25) is 4.79 Å². The largest absolute Gasteiger partial charge is 0.461 e. The highest BCUT2D eigenvalue weighted by Crippen LogP contribution is 2.41. The van der Waals surface area contributed by atoms with Crippen LogP contribution in [-0.4, -0.2) is 25.3 Å². The molecule has 0 spiro atoms. The number of carbonyl (C=O) groups is 1. The fraction of sp³-hybridized carbons (Fsp3) is 0.350. The molecule has 1 heterocycles. The Morgan fingerprint density at radius 1 is 1.21 bits per heavy atom. The highest BCUT2D eigenvalue weighted by Gasteiger charge is 2.30. The minimum atomic E-state index is -0.418. The Morgan fingerprint density at radius 3 is 2.71 bits per heavy atom. The smallest absolute Gasteiger partial charge is 0.224 e. The van der Waals surface area contributed by atoms with Crippen molar-refractivity contribution in [1.29, 1.82) is 0 Å². The van der Waals surface area contributed by atoms with Crippen LogP contribution in [0.25, 0.3) is 11.1 Å². The van der Waals surface area contributed by atoms with Gasteiger partial charge < -0.3 is 14.4 Å². The predicted octanol–water partition coefficient (Wildman–Crippen LogP) is 4.24. The summed E-state index contributed by atoms with van der Waals surface area (Å²) in [6.07, 6.45) is 1.63. The van der Waals surface area contributed by atoms with Gasteiger partial charge in [-0.2, -0.15) is 0 Å². The van der Waals surface area contributed by atoms with Crippen molar-refractivity contribution in [1.82, 2.24) is 0 Å². The molecule has 0 fully saturated rings. The van der Waals surface area contributed by atoms with E-state index in [1.807, 2.05) is 48.5 Å². The standard InChI is InChI=1S/C20H23NO3/c1-3-4-13-23-19-14-21(15(2)22)20-17(11-8-12-18(20)24-19)16-9-6-5-7-10-16/h5-12,19H,3-4,13-14H2,1-2H3. The van der Waals surface area contributed by atoms with E-state index in [-0.39, 0.29) is 5.91 Å². The van der Waals surface area contributed by atoms with Gasteiger partial charge in [0.2, 0.25) is 12.2 Å². The molecular formula is C20H23NO3. The van der Waals surface area contributed by atoms with Crippen molar-refractivity contribution in [2.75, 3.05) is 18.1 Å². The summed E-state index contributed by atoms with van der Waals surface area (Å²) >= 11 is 0. The molecule has 0 saturated heterocycles. The summed E-state index contributed by atoms with van der Waals surface area (Å²) in [5, 5.41) is 0. The molecule has 0 aliphatic carbocycles. The summed E-state index contributed by atoms with van der Waals surface area (Å²) in [6, 6.07) is 15.9. The van der Waals surface area contributed by atoms with Gasteiger partial charge in [-0.1, -0.05) is 55.8 Å². The zero-order valence-corrected chi connectivity index (χ0v) is 14.2. The lowest BCUT2D eigenvalue weighted by Crippen LogP contribution is -2.44. The molecule has 0 radical (unpaired) electrons. The molecule has 3 rings (SSSR count). The first-order chi connectivity index (χ1) is 11.7. The van der Waals surface area contributed by atoms with Crippen LogP contribution in [0.15, 0.2) is 48.5 Å². The molecule has 0 bridgehead atoms. The first kappa shape index (κ1) is 16.5. The summed E-state index contributed by atoms with van der Waals surface area (Å²) in [6.45, 7) is 4.75. The maximum Gasteiger partial charge on any atom is 0.224 e. The number of hydrogen-bond donors (Lipinski definition) is 0. The molecule has 1 amide bonds. The molecule has 0 N–H and O–H groups in total.